The Morgan fingerprint density at radius 2 is 2.00 bits per heavy atom. The lowest BCUT2D eigenvalue weighted by Gasteiger charge is -2.17. The number of carbonyl (C=O) groups is 2. The number of hydrogen-bond donors (Lipinski definition) is 3. The van der Waals surface area contributed by atoms with Gasteiger partial charge in [-0.3, -0.25) is 23.9 Å². The van der Waals surface area contributed by atoms with Crippen LogP contribution in [0, 0.1) is 0 Å². The predicted molar refractivity (Wildman–Crippen MR) is 79.6 cm³/mol. The molecular weight excluding hydrogens is 340 g/mol. The van der Waals surface area contributed by atoms with Crippen molar-refractivity contribution in [2.75, 3.05) is 13.7 Å². The summed E-state index contributed by atoms with van der Waals surface area (Å²) in [5.74, 6) is -1.30. The lowest BCUT2D eigenvalue weighted by Crippen LogP contribution is -2.39. The molecule has 11 nitrogen and oxygen atoms in total. The molecule has 0 spiro atoms. The van der Waals surface area contributed by atoms with Crippen molar-refractivity contribution in [2.45, 2.75) is 37.9 Å². The summed E-state index contributed by atoms with van der Waals surface area (Å²) in [7, 11) is 1.15. The number of aliphatic hydroxyl groups is 2. The Kier molecular flexibility index (Phi) is 5.72. The number of hydrogen-bond acceptors (Lipinski definition) is 9. The minimum Gasteiger partial charge on any atom is -0.469 e. The van der Waals surface area contributed by atoms with Crippen LogP contribution in [0.5, 0.6) is 0 Å². The highest BCUT2D eigenvalue weighted by atomic mass is 16.6. The Morgan fingerprint density at radius 1 is 1.32 bits per heavy atom. The second-order valence-corrected chi connectivity index (χ2v) is 5.42. The van der Waals surface area contributed by atoms with E-state index in [-0.39, 0.29) is 12.2 Å². The van der Waals surface area contributed by atoms with Crippen molar-refractivity contribution in [2.24, 2.45) is 0 Å². The molecule has 1 aromatic heterocycles. The standard InChI is InChI=1S/C14H18N2O9/c1-6(17)24-5-8-10(19)11(20)13(25-8)16-4-7(3-9(18)23-2)12(21)15-14(16)22/h4,8,10-11,13,19-20H,3,5H2,1-2H3,(H,15,21,22)/t8-,10?,11+,13-/m1/s1. The molecule has 2 heterocycles. The Balaban J connectivity index is 2.29. The van der Waals surface area contributed by atoms with Gasteiger partial charge < -0.3 is 24.4 Å². The highest BCUT2D eigenvalue weighted by molar-refractivity contribution is 5.72. The van der Waals surface area contributed by atoms with E-state index < -0.39 is 54.1 Å². The first-order valence-corrected chi connectivity index (χ1v) is 7.30. The molecule has 0 aromatic carbocycles. The van der Waals surface area contributed by atoms with Crippen LogP contribution in [0.3, 0.4) is 0 Å². The number of ether oxygens (including phenoxy) is 3. The lowest BCUT2D eigenvalue weighted by molar-refractivity contribution is -0.147. The van der Waals surface area contributed by atoms with Gasteiger partial charge in [-0.2, -0.15) is 0 Å². The number of H-pyrrole nitrogens is 1. The zero-order valence-corrected chi connectivity index (χ0v) is 13.5. The monoisotopic (exact) mass is 358 g/mol. The smallest absolute Gasteiger partial charge is 0.330 e. The summed E-state index contributed by atoms with van der Waals surface area (Å²) < 4.78 is 15.4. The molecule has 3 N–H and O–H groups in total. The van der Waals surface area contributed by atoms with Crippen LogP contribution < -0.4 is 11.2 Å². The third-order valence-electron chi connectivity index (χ3n) is 3.67. The van der Waals surface area contributed by atoms with E-state index in [0.717, 1.165) is 17.9 Å². The van der Waals surface area contributed by atoms with Crippen LogP contribution in [0.25, 0.3) is 0 Å². The van der Waals surface area contributed by atoms with E-state index in [9.17, 15) is 29.4 Å². The van der Waals surface area contributed by atoms with E-state index in [0.29, 0.717) is 0 Å². The number of rotatable bonds is 5. The molecule has 1 aliphatic heterocycles. The molecule has 1 unspecified atom stereocenters. The zero-order valence-electron chi connectivity index (χ0n) is 13.5. The average molecular weight is 358 g/mol. The largest absolute Gasteiger partial charge is 0.469 e. The summed E-state index contributed by atoms with van der Waals surface area (Å²) in [5, 5.41) is 20.1. The molecule has 1 saturated heterocycles. The summed E-state index contributed by atoms with van der Waals surface area (Å²) in [6.07, 6.45) is -4.69. The van der Waals surface area contributed by atoms with Gasteiger partial charge in [-0.05, 0) is 0 Å². The van der Waals surface area contributed by atoms with Crippen LogP contribution in [0.15, 0.2) is 15.8 Å². The van der Waals surface area contributed by atoms with E-state index in [1.165, 1.54) is 6.92 Å². The maximum absolute atomic E-state index is 12.0. The van der Waals surface area contributed by atoms with Gasteiger partial charge in [0.15, 0.2) is 6.23 Å². The summed E-state index contributed by atoms with van der Waals surface area (Å²) in [4.78, 5) is 47.9. The van der Waals surface area contributed by atoms with E-state index in [1.54, 1.807) is 0 Å². The van der Waals surface area contributed by atoms with Gasteiger partial charge in [0.2, 0.25) is 0 Å². The quantitative estimate of drug-likeness (QED) is 0.481. The number of carbonyl (C=O) groups excluding carboxylic acids is 2. The highest BCUT2D eigenvalue weighted by Gasteiger charge is 2.44. The fourth-order valence-electron chi connectivity index (χ4n) is 2.37. The Morgan fingerprint density at radius 3 is 2.60 bits per heavy atom. The van der Waals surface area contributed by atoms with Gasteiger partial charge in [0, 0.05) is 18.7 Å². The van der Waals surface area contributed by atoms with Gasteiger partial charge in [-0.15, -0.1) is 0 Å². The molecule has 1 fully saturated rings. The molecule has 2 rings (SSSR count). The minimum atomic E-state index is -1.52. The third kappa shape index (κ3) is 4.13. The fourth-order valence-corrected chi connectivity index (χ4v) is 2.37. The van der Waals surface area contributed by atoms with E-state index in [2.05, 4.69) is 4.74 Å². The Bertz CT molecular complexity index is 768. The Hall–Kier alpha value is -2.50. The van der Waals surface area contributed by atoms with Crippen LogP contribution >= 0.6 is 0 Å². The summed E-state index contributed by atoms with van der Waals surface area (Å²) >= 11 is 0. The molecule has 11 heteroatoms. The maximum Gasteiger partial charge on any atom is 0.330 e. The molecule has 0 radical (unpaired) electrons. The van der Waals surface area contributed by atoms with Gasteiger partial charge in [0.1, 0.15) is 24.9 Å². The maximum atomic E-state index is 12.0. The molecule has 0 saturated carbocycles. The van der Waals surface area contributed by atoms with E-state index in [1.807, 2.05) is 4.98 Å². The van der Waals surface area contributed by atoms with Crippen LogP contribution in [0.1, 0.15) is 18.7 Å². The van der Waals surface area contributed by atoms with Gasteiger partial charge in [-0.1, -0.05) is 0 Å². The molecule has 138 valence electrons. The summed E-state index contributed by atoms with van der Waals surface area (Å²) in [5.41, 5.74) is -1.76. The molecular formula is C14H18N2O9. The van der Waals surface area contributed by atoms with E-state index >= 15 is 0 Å². The highest BCUT2D eigenvalue weighted by Crippen LogP contribution is 2.28. The van der Waals surface area contributed by atoms with Crippen molar-refractivity contribution in [3.8, 4) is 0 Å². The molecule has 0 amide bonds. The predicted octanol–water partition coefficient (Wildman–Crippen LogP) is -2.57. The van der Waals surface area contributed by atoms with Crippen molar-refractivity contribution < 1.29 is 34.0 Å². The van der Waals surface area contributed by atoms with Crippen molar-refractivity contribution in [3.63, 3.8) is 0 Å². The second kappa shape index (κ2) is 7.59. The van der Waals surface area contributed by atoms with Gasteiger partial charge >= 0.3 is 17.6 Å². The number of nitrogens with zero attached hydrogens (tertiary/aromatic N) is 1. The van der Waals surface area contributed by atoms with Crippen LogP contribution in [-0.4, -0.2) is 63.7 Å². The Labute approximate surface area is 140 Å². The summed E-state index contributed by atoms with van der Waals surface area (Å²) in [6.45, 7) is 0.845. The average Bonchev–Trinajstić information content (AvgIpc) is 2.83. The lowest BCUT2D eigenvalue weighted by atomic mass is 10.1. The first-order chi connectivity index (χ1) is 11.7. The topological polar surface area (TPSA) is 157 Å². The molecule has 4 atom stereocenters. The number of aromatic amines is 1. The second-order valence-electron chi connectivity index (χ2n) is 5.42. The normalized spacial score (nSPS) is 25.6. The first-order valence-electron chi connectivity index (χ1n) is 7.30. The third-order valence-corrected chi connectivity index (χ3v) is 3.67. The van der Waals surface area contributed by atoms with Gasteiger partial charge in [0.25, 0.3) is 5.56 Å². The number of aliphatic hydroxyl groups excluding tert-OH is 2. The molecule has 25 heavy (non-hydrogen) atoms. The zero-order chi connectivity index (χ0) is 18.7. The molecule has 0 aliphatic carbocycles. The van der Waals surface area contributed by atoms with Crippen molar-refractivity contribution >= 4 is 11.9 Å². The van der Waals surface area contributed by atoms with Crippen molar-refractivity contribution in [1.29, 1.82) is 0 Å². The van der Waals surface area contributed by atoms with Gasteiger partial charge in [-0.25, -0.2) is 4.79 Å². The fraction of sp³-hybridized carbons (Fsp3) is 0.571. The van der Waals surface area contributed by atoms with Crippen LogP contribution in [-0.2, 0) is 30.2 Å². The van der Waals surface area contributed by atoms with E-state index in [4.69, 9.17) is 9.47 Å². The number of nitrogens with one attached hydrogen (secondary N) is 1. The number of aromatic nitrogens is 2. The number of esters is 2. The minimum absolute atomic E-state index is 0.0832. The van der Waals surface area contributed by atoms with Crippen LogP contribution in [0.2, 0.25) is 0 Å². The molecule has 1 aromatic rings. The first kappa shape index (κ1) is 18.8. The van der Waals surface area contributed by atoms with Gasteiger partial charge in [0.05, 0.1) is 13.5 Å². The van der Waals surface area contributed by atoms with Crippen molar-refractivity contribution in [3.05, 3.63) is 32.6 Å². The van der Waals surface area contributed by atoms with Crippen molar-refractivity contribution in [1.82, 2.24) is 9.55 Å². The molecule has 0 bridgehead atoms. The number of methoxy groups -OCH3 is 1. The SMILES string of the molecule is COC(=O)Cc1cn([C@@H]2O[C@H](COC(C)=O)C(O)[C@@H]2O)c(=O)[nH]c1=O. The summed E-state index contributed by atoms with van der Waals surface area (Å²) in [6, 6.07) is 0. The van der Waals surface area contributed by atoms with Crippen LogP contribution in [0.4, 0.5) is 0 Å². The molecule has 1 aliphatic rings.